The van der Waals surface area contributed by atoms with Crippen LogP contribution in [0.5, 0.6) is 0 Å². The maximum Gasteiger partial charge on any atom is 0.134 e. The Morgan fingerprint density at radius 1 is 1.30 bits per heavy atom. The third-order valence-corrected chi connectivity index (χ3v) is 4.86. The SMILES string of the molecule is CCCNC1CC(C)(C)Cc2nc(C3(C)CC3)ncc21. The predicted molar refractivity (Wildman–Crippen MR) is 81.8 cm³/mol. The molecule has 0 radical (unpaired) electrons. The number of hydrogen-bond acceptors (Lipinski definition) is 3. The zero-order valence-corrected chi connectivity index (χ0v) is 13.3. The number of fused-ring (bicyclic) bond motifs is 1. The Morgan fingerprint density at radius 2 is 2.05 bits per heavy atom. The van der Waals surface area contributed by atoms with Gasteiger partial charge in [-0.05, 0) is 44.1 Å². The third kappa shape index (κ3) is 2.60. The maximum absolute atomic E-state index is 4.95. The Labute approximate surface area is 122 Å². The van der Waals surface area contributed by atoms with E-state index in [9.17, 15) is 0 Å². The van der Waals surface area contributed by atoms with Crippen LogP contribution in [0.2, 0.25) is 0 Å². The lowest BCUT2D eigenvalue weighted by Crippen LogP contribution is -2.35. The molecule has 1 fully saturated rings. The van der Waals surface area contributed by atoms with Gasteiger partial charge in [-0.15, -0.1) is 0 Å². The summed E-state index contributed by atoms with van der Waals surface area (Å²) in [7, 11) is 0. The molecule has 0 aromatic carbocycles. The second kappa shape index (κ2) is 4.80. The quantitative estimate of drug-likeness (QED) is 0.911. The molecule has 0 amide bonds. The van der Waals surface area contributed by atoms with E-state index in [-0.39, 0.29) is 5.41 Å². The van der Waals surface area contributed by atoms with E-state index >= 15 is 0 Å². The van der Waals surface area contributed by atoms with Crippen molar-refractivity contribution in [3.63, 3.8) is 0 Å². The molecule has 1 atom stereocenters. The van der Waals surface area contributed by atoms with Crippen molar-refractivity contribution in [2.45, 2.75) is 71.3 Å². The van der Waals surface area contributed by atoms with Crippen LogP contribution in [-0.4, -0.2) is 16.5 Å². The van der Waals surface area contributed by atoms with E-state index in [0.717, 1.165) is 18.8 Å². The molecule has 3 rings (SSSR count). The molecule has 3 heteroatoms. The molecule has 1 saturated carbocycles. The molecular formula is C17H27N3. The zero-order chi connectivity index (χ0) is 14.4. The van der Waals surface area contributed by atoms with Crippen molar-refractivity contribution in [3.05, 3.63) is 23.3 Å². The molecule has 0 spiro atoms. The van der Waals surface area contributed by atoms with Crippen LogP contribution in [0, 0.1) is 5.41 Å². The van der Waals surface area contributed by atoms with Crippen LogP contribution in [0.4, 0.5) is 0 Å². The lowest BCUT2D eigenvalue weighted by atomic mass is 9.74. The molecule has 0 saturated heterocycles. The summed E-state index contributed by atoms with van der Waals surface area (Å²) in [4.78, 5) is 9.63. The predicted octanol–water partition coefficient (Wildman–Crippen LogP) is 3.54. The summed E-state index contributed by atoms with van der Waals surface area (Å²) in [5.41, 5.74) is 3.22. The van der Waals surface area contributed by atoms with Crippen molar-refractivity contribution < 1.29 is 0 Å². The molecule has 1 unspecified atom stereocenters. The van der Waals surface area contributed by atoms with Crippen LogP contribution in [0.3, 0.4) is 0 Å². The minimum absolute atomic E-state index is 0.267. The Balaban J connectivity index is 1.92. The third-order valence-electron chi connectivity index (χ3n) is 4.86. The summed E-state index contributed by atoms with van der Waals surface area (Å²) in [6, 6.07) is 0.426. The standard InChI is InChI=1S/C17H27N3/c1-5-8-18-13-9-16(2,3)10-14-12(13)11-19-15(20-14)17(4)6-7-17/h11,13,18H,5-10H2,1-4H3. The summed E-state index contributed by atoms with van der Waals surface area (Å²) in [5, 5.41) is 3.68. The Kier molecular flexibility index (Phi) is 3.36. The van der Waals surface area contributed by atoms with Crippen molar-refractivity contribution in [3.8, 4) is 0 Å². The highest BCUT2D eigenvalue weighted by Crippen LogP contribution is 2.47. The first kappa shape index (κ1) is 14.0. The molecule has 1 N–H and O–H groups in total. The molecular weight excluding hydrogens is 246 g/mol. The highest BCUT2D eigenvalue weighted by Gasteiger charge is 2.43. The van der Waals surface area contributed by atoms with E-state index < -0.39 is 0 Å². The van der Waals surface area contributed by atoms with Gasteiger partial charge in [0.05, 0.1) is 0 Å². The fraction of sp³-hybridized carbons (Fsp3) is 0.765. The number of rotatable bonds is 4. The van der Waals surface area contributed by atoms with Gasteiger partial charge in [-0.3, -0.25) is 0 Å². The van der Waals surface area contributed by atoms with Gasteiger partial charge < -0.3 is 5.32 Å². The largest absolute Gasteiger partial charge is 0.310 e. The monoisotopic (exact) mass is 273 g/mol. The molecule has 2 aliphatic rings. The van der Waals surface area contributed by atoms with Gasteiger partial charge in [-0.25, -0.2) is 9.97 Å². The van der Waals surface area contributed by atoms with Crippen LogP contribution in [0.1, 0.15) is 76.5 Å². The molecule has 0 aliphatic heterocycles. The summed E-state index contributed by atoms with van der Waals surface area (Å²) < 4.78 is 0. The fourth-order valence-electron chi connectivity index (χ4n) is 3.25. The van der Waals surface area contributed by atoms with Crippen LogP contribution in [0.15, 0.2) is 6.20 Å². The second-order valence-electron chi connectivity index (χ2n) is 7.71. The summed E-state index contributed by atoms with van der Waals surface area (Å²) in [6.07, 6.45) is 8.02. The molecule has 1 heterocycles. The Hall–Kier alpha value is -0.960. The Morgan fingerprint density at radius 3 is 2.70 bits per heavy atom. The van der Waals surface area contributed by atoms with Crippen molar-refractivity contribution in [2.24, 2.45) is 5.41 Å². The topological polar surface area (TPSA) is 37.8 Å². The first-order valence-electron chi connectivity index (χ1n) is 8.03. The summed E-state index contributed by atoms with van der Waals surface area (Å²) >= 11 is 0. The van der Waals surface area contributed by atoms with Gasteiger partial charge in [0.25, 0.3) is 0 Å². The van der Waals surface area contributed by atoms with Crippen molar-refractivity contribution >= 4 is 0 Å². The van der Waals surface area contributed by atoms with E-state index in [1.54, 1.807) is 0 Å². The van der Waals surface area contributed by atoms with Crippen LogP contribution in [-0.2, 0) is 11.8 Å². The normalized spacial score (nSPS) is 26.1. The van der Waals surface area contributed by atoms with Gasteiger partial charge in [-0.2, -0.15) is 0 Å². The van der Waals surface area contributed by atoms with E-state index in [2.05, 4.69) is 44.2 Å². The molecule has 3 nitrogen and oxygen atoms in total. The van der Waals surface area contributed by atoms with Crippen molar-refractivity contribution in [1.82, 2.24) is 15.3 Å². The lowest BCUT2D eigenvalue weighted by Gasteiger charge is -2.37. The van der Waals surface area contributed by atoms with Crippen molar-refractivity contribution in [2.75, 3.05) is 6.54 Å². The summed E-state index contributed by atoms with van der Waals surface area (Å²) in [5.74, 6) is 1.07. The first-order valence-corrected chi connectivity index (χ1v) is 8.03. The van der Waals surface area contributed by atoms with E-state index in [0.29, 0.717) is 11.5 Å². The maximum atomic E-state index is 4.95. The Bertz CT molecular complexity index is 503. The number of hydrogen-bond donors (Lipinski definition) is 1. The fourth-order valence-corrected chi connectivity index (χ4v) is 3.25. The average molecular weight is 273 g/mol. The molecule has 20 heavy (non-hydrogen) atoms. The van der Waals surface area contributed by atoms with Gasteiger partial charge >= 0.3 is 0 Å². The zero-order valence-electron chi connectivity index (χ0n) is 13.3. The highest BCUT2D eigenvalue weighted by molar-refractivity contribution is 5.29. The number of nitrogens with one attached hydrogen (secondary N) is 1. The van der Waals surface area contributed by atoms with Gasteiger partial charge in [0, 0.05) is 28.9 Å². The van der Waals surface area contributed by atoms with Gasteiger partial charge in [0.15, 0.2) is 0 Å². The van der Waals surface area contributed by atoms with E-state index in [4.69, 9.17) is 4.98 Å². The molecule has 1 aromatic heterocycles. The van der Waals surface area contributed by atoms with E-state index in [1.165, 1.54) is 36.9 Å². The average Bonchev–Trinajstić information content (AvgIpc) is 3.13. The second-order valence-corrected chi connectivity index (χ2v) is 7.71. The van der Waals surface area contributed by atoms with Gasteiger partial charge in [0.1, 0.15) is 5.82 Å². The molecule has 110 valence electrons. The molecule has 2 aliphatic carbocycles. The van der Waals surface area contributed by atoms with E-state index in [1.807, 2.05) is 0 Å². The van der Waals surface area contributed by atoms with Crippen molar-refractivity contribution in [1.29, 1.82) is 0 Å². The minimum atomic E-state index is 0.267. The van der Waals surface area contributed by atoms with Crippen LogP contribution in [0.25, 0.3) is 0 Å². The van der Waals surface area contributed by atoms with Gasteiger partial charge in [0.2, 0.25) is 0 Å². The van der Waals surface area contributed by atoms with Crippen LogP contribution >= 0.6 is 0 Å². The number of aromatic nitrogens is 2. The number of nitrogens with zero attached hydrogens (tertiary/aromatic N) is 2. The van der Waals surface area contributed by atoms with Gasteiger partial charge in [-0.1, -0.05) is 27.7 Å². The lowest BCUT2D eigenvalue weighted by molar-refractivity contribution is 0.253. The molecule has 0 bridgehead atoms. The summed E-state index contributed by atoms with van der Waals surface area (Å²) in [6.45, 7) is 10.3. The smallest absolute Gasteiger partial charge is 0.134 e. The van der Waals surface area contributed by atoms with Crippen LogP contribution < -0.4 is 5.32 Å². The minimum Gasteiger partial charge on any atom is -0.310 e. The molecule has 1 aromatic rings. The highest BCUT2D eigenvalue weighted by atomic mass is 15.0. The first-order chi connectivity index (χ1) is 9.43.